The topological polar surface area (TPSA) is 75.6 Å². The molecule has 1 aromatic carbocycles. The summed E-state index contributed by atoms with van der Waals surface area (Å²) in [5.41, 5.74) is -0.0628. The van der Waals surface area contributed by atoms with Crippen molar-refractivity contribution >= 4 is 27.8 Å². The van der Waals surface area contributed by atoms with Crippen molar-refractivity contribution < 1.29 is 19.4 Å². The van der Waals surface area contributed by atoms with Crippen LogP contribution < -0.4 is 5.32 Å². The number of benzene rings is 1. The summed E-state index contributed by atoms with van der Waals surface area (Å²) >= 11 is 3.35. The summed E-state index contributed by atoms with van der Waals surface area (Å²) in [6, 6.07) is 7.45. The van der Waals surface area contributed by atoms with Gasteiger partial charge in [-0.05, 0) is 31.5 Å². The molecule has 1 aromatic rings. The van der Waals surface area contributed by atoms with E-state index in [0.717, 1.165) is 10.0 Å². The molecule has 1 amide bonds. The summed E-state index contributed by atoms with van der Waals surface area (Å²) in [6.45, 7) is 3.58. The molecule has 0 spiro atoms. The van der Waals surface area contributed by atoms with Crippen LogP contribution in [0.5, 0.6) is 0 Å². The quantitative estimate of drug-likeness (QED) is 0.786. The first kappa shape index (κ1) is 17.7. The Labute approximate surface area is 132 Å². The number of hydrogen-bond donors (Lipinski definition) is 2. The monoisotopic (exact) mass is 357 g/mol. The SMILES string of the molecule is COCC(C)(CC(=O)O)NC(=O)C(C)c1ccc(Br)cc1. The first-order chi connectivity index (χ1) is 9.77. The number of methoxy groups -OCH3 is 1. The van der Waals surface area contributed by atoms with E-state index in [0.29, 0.717) is 0 Å². The third-order valence-corrected chi connectivity index (χ3v) is 3.72. The first-order valence-corrected chi connectivity index (χ1v) is 7.35. The lowest BCUT2D eigenvalue weighted by Gasteiger charge is -2.30. The van der Waals surface area contributed by atoms with Gasteiger partial charge in [-0.25, -0.2) is 0 Å². The van der Waals surface area contributed by atoms with Gasteiger partial charge in [-0.3, -0.25) is 9.59 Å². The zero-order chi connectivity index (χ0) is 16.0. The summed E-state index contributed by atoms with van der Waals surface area (Å²) in [6.07, 6.45) is -0.195. The molecule has 2 unspecified atom stereocenters. The Morgan fingerprint density at radius 3 is 2.43 bits per heavy atom. The molecule has 0 fully saturated rings. The van der Waals surface area contributed by atoms with Gasteiger partial charge in [0.25, 0.3) is 0 Å². The molecule has 0 aliphatic heterocycles. The molecule has 0 heterocycles. The van der Waals surface area contributed by atoms with Gasteiger partial charge in [-0.1, -0.05) is 28.1 Å². The highest BCUT2D eigenvalue weighted by atomic mass is 79.9. The Balaban J connectivity index is 2.81. The molecule has 0 radical (unpaired) electrons. The highest BCUT2D eigenvalue weighted by Crippen LogP contribution is 2.20. The summed E-state index contributed by atoms with van der Waals surface area (Å²) in [5.74, 6) is -1.58. The van der Waals surface area contributed by atoms with Crippen LogP contribution in [-0.2, 0) is 14.3 Å². The Morgan fingerprint density at radius 1 is 1.38 bits per heavy atom. The van der Waals surface area contributed by atoms with Gasteiger partial charge in [-0.15, -0.1) is 0 Å². The Bertz CT molecular complexity index is 503. The fraction of sp³-hybridized carbons (Fsp3) is 0.467. The largest absolute Gasteiger partial charge is 0.481 e. The van der Waals surface area contributed by atoms with E-state index in [1.54, 1.807) is 13.8 Å². The molecule has 0 saturated heterocycles. The highest BCUT2D eigenvalue weighted by Gasteiger charge is 2.31. The smallest absolute Gasteiger partial charge is 0.305 e. The molecule has 6 heteroatoms. The number of ether oxygens (including phenoxy) is 1. The van der Waals surface area contributed by atoms with E-state index in [2.05, 4.69) is 21.2 Å². The summed E-state index contributed by atoms with van der Waals surface area (Å²) in [7, 11) is 1.48. The van der Waals surface area contributed by atoms with E-state index >= 15 is 0 Å². The number of carbonyl (C=O) groups is 2. The average molecular weight is 358 g/mol. The molecular formula is C15H20BrNO4. The predicted molar refractivity (Wildman–Crippen MR) is 83.2 cm³/mol. The number of rotatable bonds is 7. The van der Waals surface area contributed by atoms with Gasteiger partial charge in [0.1, 0.15) is 0 Å². The Kier molecular flexibility index (Phi) is 6.36. The number of carboxylic acid groups (broad SMARTS) is 1. The van der Waals surface area contributed by atoms with Crippen LogP contribution in [0.2, 0.25) is 0 Å². The normalized spacial score (nSPS) is 15.0. The zero-order valence-corrected chi connectivity index (χ0v) is 13.9. The molecular weight excluding hydrogens is 338 g/mol. The Hall–Kier alpha value is -1.40. The first-order valence-electron chi connectivity index (χ1n) is 6.55. The van der Waals surface area contributed by atoms with Crippen LogP contribution in [0.1, 0.15) is 31.7 Å². The fourth-order valence-electron chi connectivity index (χ4n) is 2.09. The minimum Gasteiger partial charge on any atom is -0.481 e. The molecule has 2 N–H and O–H groups in total. The van der Waals surface area contributed by atoms with E-state index in [9.17, 15) is 9.59 Å². The van der Waals surface area contributed by atoms with Gasteiger partial charge in [-0.2, -0.15) is 0 Å². The van der Waals surface area contributed by atoms with E-state index in [-0.39, 0.29) is 24.9 Å². The van der Waals surface area contributed by atoms with Crippen LogP contribution in [0.3, 0.4) is 0 Å². The number of halogens is 1. The highest BCUT2D eigenvalue weighted by molar-refractivity contribution is 9.10. The van der Waals surface area contributed by atoms with Crippen LogP contribution in [0.4, 0.5) is 0 Å². The number of carbonyl (C=O) groups excluding carboxylic acids is 1. The number of hydrogen-bond acceptors (Lipinski definition) is 3. The second-order valence-electron chi connectivity index (χ2n) is 5.33. The standard InChI is InChI=1S/C15H20BrNO4/c1-10(11-4-6-12(16)7-5-11)14(20)17-15(2,9-21-3)8-13(18)19/h4-7,10H,8-9H2,1-3H3,(H,17,20)(H,18,19). The van der Waals surface area contributed by atoms with Crippen molar-refractivity contribution in [3.8, 4) is 0 Å². The molecule has 0 aromatic heterocycles. The molecule has 0 aliphatic rings. The van der Waals surface area contributed by atoms with Crippen LogP contribution in [-0.4, -0.2) is 36.2 Å². The van der Waals surface area contributed by atoms with E-state index < -0.39 is 11.5 Å². The van der Waals surface area contributed by atoms with Crippen LogP contribution >= 0.6 is 15.9 Å². The third kappa shape index (κ3) is 5.47. The second-order valence-corrected chi connectivity index (χ2v) is 6.24. The van der Waals surface area contributed by atoms with Gasteiger partial charge < -0.3 is 15.2 Å². The maximum absolute atomic E-state index is 12.3. The third-order valence-electron chi connectivity index (χ3n) is 3.19. The molecule has 116 valence electrons. The van der Waals surface area contributed by atoms with Crippen molar-refractivity contribution in [1.82, 2.24) is 5.32 Å². The minimum absolute atomic E-state index is 0.137. The van der Waals surface area contributed by atoms with Gasteiger partial charge in [0.15, 0.2) is 0 Å². The van der Waals surface area contributed by atoms with Crippen molar-refractivity contribution in [3.05, 3.63) is 34.3 Å². The van der Waals surface area contributed by atoms with Crippen LogP contribution in [0.15, 0.2) is 28.7 Å². The molecule has 2 atom stereocenters. The van der Waals surface area contributed by atoms with Gasteiger partial charge >= 0.3 is 5.97 Å². The van der Waals surface area contributed by atoms with Crippen molar-refractivity contribution in [2.45, 2.75) is 31.7 Å². The predicted octanol–water partition coefficient (Wildman–Crippen LogP) is 2.55. The van der Waals surface area contributed by atoms with Crippen molar-refractivity contribution in [1.29, 1.82) is 0 Å². The lowest BCUT2D eigenvalue weighted by molar-refractivity contribution is -0.139. The molecule has 0 bridgehead atoms. The van der Waals surface area contributed by atoms with Crippen molar-refractivity contribution in [2.75, 3.05) is 13.7 Å². The maximum Gasteiger partial charge on any atom is 0.305 e. The van der Waals surface area contributed by atoms with Crippen LogP contribution in [0.25, 0.3) is 0 Å². The van der Waals surface area contributed by atoms with Crippen molar-refractivity contribution in [3.63, 3.8) is 0 Å². The van der Waals surface area contributed by atoms with E-state index in [1.807, 2.05) is 24.3 Å². The van der Waals surface area contributed by atoms with Gasteiger partial charge in [0, 0.05) is 11.6 Å². The molecule has 0 aliphatic carbocycles. The number of aliphatic carboxylic acids is 1. The zero-order valence-electron chi connectivity index (χ0n) is 12.4. The second kappa shape index (κ2) is 7.56. The van der Waals surface area contributed by atoms with Crippen LogP contribution in [0, 0.1) is 0 Å². The maximum atomic E-state index is 12.3. The Morgan fingerprint density at radius 2 is 1.95 bits per heavy atom. The number of nitrogens with one attached hydrogen (secondary N) is 1. The van der Waals surface area contributed by atoms with Gasteiger partial charge in [0.2, 0.25) is 5.91 Å². The molecule has 21 heavy (non-hydrogen) atoms. The average Bonchev–Trinajstić information content (AvgIpc) is 2.37. The number of carboxylic acids is 1. The molecule has 5 nitrogen and oxygen atoms in total. The lowest BCUT2D eigenvalue weighted by Crippen LogP contribution is -2.51. The minimum atomic E-state index is -0.980. The van der Waals surface area contributed by atoms with Crippen molar-refractivity contribution in [2.24, 2.45) is 0 Å². The molecule has 1 rings (SSSR count). The van der Waals surface area contributed by atoms with Gasteiger partial charge in [0.05, 0.1) is 24.5 Å². The van der Waals surface area contributed by atoms with E-state index in [1.165, 1.54) is 7.11 Å². The lowest BCUT2D eigenvalue weighted by atomic mass is 9.95. The summed E-state index contributed by atoms with van der Waals surface area (Å²) in [4.78, 5) is 23.3. The summed E-state index contributed by atoms with van der Waals surface area (Å²) < 4.78 is 5.96. The number of amides is 1. The fourth-order valence-corrected chi connectivity index (χ4v) is 2.36. The van der Waals surface area contributed by atoms with E-state index in [4.69, 9.17) is 9.84 Å². The molecule has 0 saturated carbocycles. The summed E-state index contributed by atoms with van der Waals surface area (Å²) in [5, 5.41) is 11.7.